The van der Waals surface area contributed by atoms with E-state index in [9.17, 15) is 0 Å². The second-order valence-electron chi connectivity index (χ2n) is 8.67. The molecule has 0 aromatic carbocycles. The zero-order valence-corrected chi connectivity index (χ0v) is 20.9. The fourth-order valence-corrected chi connectivity index (χ4v) is 56.5. The van der Waals surface area contributed by atoms with Gasteiger partial charge in [-0.15, -0.1) is 0 Å². The molecular weight excluding hydrogens is 372 g/mol. The summed E-state index contributed by atoms with van der Waals surface area (Å²) in [6, 6.07) is -3.17. The summed E-state index contributed by atoms with van der Waals surface area (Å²) in [7, 11) is 7.66. The summed E-state index contributed by atoms with van der Waals surface area (Å²) in [5.74, 6) is 0. The van der Waals surface area contributed by atoms with Crippen LogP contribution in [-0.4, -0.2) is 34.0 Å². The molecule has 0 fully saturated rings. The second-order valence-corrected chi connectivity index (χ2v) is 31.0. The first-order valence-electron chi connectivity index (χ1n) is 9.10. The molecule has 0 aromatic rings. The van der Waals surface area contributed by atoms with Crippen LogP contribution in [0.5, 0.6) is 0 Å². The predicted molar refractivity (Wildman–Crippen MR) is 113 cm³/mol. The van der Waals surface area contributed by atoms with Crippen LogP contribution in [0.25, 0.3) is 0 Å². The Morgan fingerprint density at radius 1 is 0.455 bits per heavy atom. The van der Waals surface area contributed by atoms with Crippen LogP contribution in [0.2, 0.25) is 0 Å². The van der Waals surface area contributed by atoms with Crippen LogP contribution in [0, 0.1) is 0 Å². The first-order chi connectivity index (χ1) is 9.81. The van der Waals surface area contributed by atoms with E-state index in [0.29, 0.717) is 0 Å². The minimum atomic E-state index is -1.59. The average molecular weight is 417 g/mol. The van der Waals surface area contributed by atoms with E-state index in [1.165, 1.54) is 0 Å². The number of rotatable bonds is 8. The van der Waals surface area contributed by atoms with Gasteiger partial charge in [0.05, 0.1) is 0 Å². The van der Waals surface area contributed by atoms with Gasteiger partial charge in [-0.3, -0.25) is 0 Å². The molecule has 143 valence electrons. The Hall–Kier alpha value is 1.64. The summed E-state index contributed by atoms with van der Waals surface area (Å²) in [4.78, 5) is 0. The van der Waals surface area contributed by atoms with Crippen molar-refractivity contribution < 1.29 is 11.7 Å². The zero-order chi connectivity index (χ0) is 18.0. The molecule has 0 unspecified atom stereocenters. The Balaban J connectivity index is 6.46. The van der Waals surface area contributed by atoms with E-state index in [1.54, 1.807) is 0 Å². The summed E-state index contributed by atoms with van der Waals surface area (Å²) >= 11 is -0.0694. The topological polar surface area (TPSA) is 0 Å². The zero-order valence-electron chi connectivity index (χ0n) is 17.2. The Labute approximate surface area is 150 Å². The van der Waals surface area contributed by atoms with Crippen molar-refractivity contribution in [3.63, 3.8) is 0 Å². The minimum absolute atomic E-state index is 0.0694. The van der Waals surface area contributed by atoms with Gasteiger partial charge in [-0.1, -0.05) is 0 Å². The SMILES string of the molecule is CC(C)[PH](C(C)C)(C(C)C)[Ni]([Cl])[PH](C(C)C)(C(C)C)C(C)C. The van der Waals surface area contributed by atoms with Gasteiger partial charge >= 0.3 is 151 Å². The molecule has 0 radical (unpaired) electrons. The second kappa shape index (κ2) is 8.84. The third-order valence-electron chi connectivity index (χ3n) is 5.58. The first kappa shape index (κ1) is 23.6. The van der Waals surface area contributed by atoms with Gasteiger partial charge in [-0.25, -0.2) is 0 Å². The van der Waals surface area contributed by atoms with Gasteiger partial charge in [0.25, 0.3) is 0 Å². The molecule has 0 aliphatic rings. The molecule has 0 amide bonds. The number of hydrogen-bond donors (Lipinski definition) is 0. The van der Waals surface area contributed by atoms with Gasteiger partial charge in [-0.05, 0) is 0 Å². The van der Waals surface area contributed by atoms with E-state index in [-0.39, 0.29) is 11.7 Å². The Kier molecular flexibility index (Phi) is 9.50. The van der Waals surface area contributed by atoms with Gasteiger partial charge in [0.15, 0.2) is 0 Å². The van der Waals surface area contributed by atoms with Gasteiger partial charge in [-0.2, -0.15) is 0 Å². The summed E-state index contributed by atoms with van der Waals surface area (Å²) in [5, 5.41) is 0. The monoisotopic (exact) mass is 415 g/mol. The van der Waals surface area contributed by atoms with E-state index in [2.05, 4.69) is 83.1 Å². The van der Waals surface area contributed by atoms with Crippen molar-refractivity contribution in [1.82, 2.24) is 0 Å². The molecule has 0 saturated carbocycles. The van der Waals surface area contributed by atoms with Crippen molar-refractivity contribution in [3.05, 3.63) is 0 Å². The van der Waals surface area contributed by atoms with Crippen molar-refractivity contribution in [1.29, 1.82) is 0 Å². The van der Waals surface area contributed by atoms with E-state index in [1.807, 2.05) is 0 Å². The Bertz CT molecular complexity index is 262. The quantitative estimate of drug-likeness (QED) is 0.283. The third kappa shape index (κ3) is 3.74. The Morgan fingerprint density at radius 2 is 0.591 bits per heavy atom. The summed E-state index contributed by atoms with van der Waals surface area (Å²) < 4.78 is 0. The summed E-state index contributed by atoms with van der Waals surface area (Å²) in [6.45, 7) is 29.6. The molecule has 0 atom stereocenters. The molecule has 0 N–H and O–H groups in total. The van der Waals surface area contributed by atoms with Crippen molar-refractivity contribution in [3.8, 4) is 0 Å². The fourth-order valence-electron chi connectivity index (χ4n) is 5.20. The van der Waals surface area contributed by atoms with Crippen LogP contribution >= 0.6 is 22.3 Å². The van der Waals surface area contributed by atoms with Crippen LogP contribution in [0.4, 0.5) is 0 Å². The van der Waals surface area contributed by atoms with Crippen LogP contribution in [0.3, 0.4) is 0 Å². The van der Waals surface area contributed by atoms with Crippen molar-refractivity contribution >= 4 is 22.3 Å². The Morgan fingerprint density at radius 3 is 0.682 bits per heavy atom. The maximum absolute atomic E-state index is 7.66. The standard InChI is InChI=1S/2C9H21P.ClH.Ni/c2*1-7(2)10(8(3)4)9(5)6;;/h2*7-9H,1-6H3;1H;/q;;;-1/p+1. The van der Waals surface area contributed by atoms with Gasteiger partial charge in [0, 0.05) is 0 Å². The van der Waals surface area contributed by atoms with Crippen LogP contribution in [0.15, 0.2) is 0 Å². The molecule has 22 heavy (non-hydrogen) atoms. The fraction of sp³-hybridized carbons (Fsp3) is 1.00. The van der Waals surface area contributed by atoms with Gasteiger partial charge in [0.1, 0.15) is 0 Å². The van der Waals surface area contributed by atoms with Gasteiger partial charge < -0.3 is 0 Å². The number of halogens is 1. The molecule has 4 heteroatoms. The molecule has 0 bridgehead atoms. The predicted octanol–water partition coefficient (Wildman–Crippen LogP) is 7.54. The maximum atomic E-state index is 7.66. The molecule has 0 spiro atoms. The molecule has 0 aromatic heterocycles. The van der Waals surface area contributed by atoms with Crippen molar-refractivity contribution in [2.45, 2.75) is 117 Å². The summed E-state index contributed by atoms with van der Waals surface area (Å²) in [6.07, 6.45) is 0. The molecule has 0 saturated heterocycles. The molecular formula is C18H44ClNiP2. The molecule has 0 nitrogen and oxygen atoms in total. The molecule has 0 heterocycles. The van der Waals surface area contributed by atoms with E-state index in [4.69, 9.17) is 10.2 Å². The summed E-state index contributed by atoms with van der Waals surface area (Å²) in [5.41, 5.74) is 4.60. The molecule has 0 rings (SSSR count). The molecule has 0 aliphatic carbocycles. The normalized spacial score (nSPS) is 16.6. The van der Waals surface area contributed by atoms with Crippen molar-refractivity contribution in [2.24, 2.45) is 0 Å². The third-order valence-corrected chi connectivity index (χ3v) is 43.4. The van der Waals surface area contributed by atoms with Crippen LogP contribution in [-0.2, 0) is 11.7 Å². The first-order valence-corrected chi connectivity index (χ1v) is 17.5. The van der Waals surface area contributed by atoms with E-state index in [0.717, 1.165) is 34.0 Å². The molecule has 0 aliphatic heterocycles. The van der Waals surface area contributed by atoms with Crippen molar-refractivity contribution in [2.75, 3.05) is 0 Å². The van der Waals surface area contributed by atoms with Gasteiger partial charge in [0.2, 0.25) is 0 Å². The van der Waals surface area contributed by atoms with Crippen LogP contribution in [0.1, 0.15) is 83.1 Å². The number of hydrogen-bond acceptors (Lipinski definition) is 0. The van der Waals surface area contributed by atoms with E-state index >= 15 is 0 Å². The van der Waals surface area contributed by atoms with E-state index < -0.39 is 12.1 Å². The average Bonchev–Trinajstić information content (AvgIpc) is 2.26. The van der Waals surface area contributed by atoms with Crippen LogP contribution < -0.4 is 0 Å².